The minimum absolute atomic E-state index is 0.281. The molecule has 180 valence electrons. The summed E-state index contributed by atoms with van der Waals surface area (Å²) >= 11 is 0. The highest BCUT2D eigenvalue weighted by Crippen LogP contribution is 2.32. The maximum absolute atomic E-state index is 11.3. The summed E-state index contributed by atoms with van der Waals surface area (Å²) in [5, 5.41) is 11.3. The van der Waals surface area contributed by atoms with Gasteiger partial charge in [0, 0.05) is 6.42 Å². The second-order valence-electron chi connectivity index (χ2n) is 9.78. The Hall–Kier alpha value is -2.68. The van der Waals surface area contributed by atoms with Gasteiger partial charge in [-0.05, 0) is 53.5 Å². The number of aliphatic hydroxyl groups is 1. The van der Waals surface area contributed by atoms with Gasteiger partial charge in [-0.1, -0.05) is 105 Å². The number of hydrogen-bond donors (Lipinski definition) is 1. The van der Waals surface area contributed by atoms with Gasteiger partial charge in [0.15, 0.2) is 0 Å². The van der Waals surface area contributed by atoms with Gasteiger partial charge in [-0.25, -0.2) is 0 Å². The van der Waals surface area contributed by atoms with Crippen molar-refractivity contribution in [2.45, 2.75) is 51.6 Å². The standard InChI is InChI=1S/C32H42NO/c1-4-22-33(23-5-2,24-14-17-28-15-8-6-9-16-28)26-30(34)25-27(3)31-20-12-13-21-32(31)29-18-10-7-11-19-29/h4,6-13,15-16,18-21,27,30,34H,1,5,14,17,22-26H2,2-3H3/q+1. The highest BCUT2D eigenvalue weighted by atomic mass is 16.3. The summed E-state index contributed by atoms with van der Waals surface area (Å²) in [7, 11) is 0. The van der Waals surface area contributed by atoms with E-state index in [-0.39, 0.29) is 12.0 Å². The molecule has 0 aromatic heterocycles. The summed E-state index contributed by atoms with van der Waals surface area (Å²) in [6.07, 6.45) is 5.78. The van der Waals surface area contributed by atoms with E-state index in [1.807, 2.05) is 6.08 Å². The first-order valence-corrected chi connectivity index (χ1v) is 12.9. The fourth-order valence-corrected chi connectivity index (χ4v) is 5.43. The van der Waals surface area contributed by atoms with Crippen molar-refractivity contribution < 1.29 is 9.59 Å². The first-order valence-electron chi connectivity index (χ1n) is 12.9. The van der Waals surface area contributed by atoms with E-state index in [1.165, 1.54) is 22.3 Å². The van der Waals surface area contributed by atoms with Crippen LogP contribution in [0, 0.1) is 0 Å². The molecular weight excluding hydrogens is 414 g/mol. The molecule has 2 nitrogen and oxygen atoms in total. The highest BCUT2D eigenvalue weighted by molar-refractivity contribution is 5.67. The van der Waals surface area contributed by atoms with Gasteiger partial charge >= 0.3 is 0 Å². The molecule has 0 saturated carbocycles. The third kappa shape index (κ3) is 7.41. The number of rotatable bonds is 14. The normalized spacial score (nSPS) is 14.8. The fraction of sp³-hybridized carbons (Fsp3) is 0.375. The van der Waals surface area contributed by atoms with Crippen LogP contribution in [-0.2, 0) is 6.42 Å². The van der Waals surface area contributed by atoms with Crippen molar-refractivity contribution in [3.05, 3.63) is 109 Å². The fourth-order valence-electron chi connectivity index (χ4n) is 5.43. The molecule has 0 saturated heterocycles. The third-order valence-corrected chi connectivity index (χ3v) is 6.96. The van der Waals surface area contributed by atoms with Crippen LogP contribution in [0.2, 0.25) is 0 Å². The van der Waals surface area contributed by atoms with Crippen LogP contribution < -0.4 is 0 Å². The summed E-state index contributed by atoms with van der Waals surface area (Å²) in [4.78, 5) is 0. The van der Waals surface area contributed by atoms with Crippen LogP contribution in [0.1, 0.15) is 50.2 Å². The van der Waals surface area contributed by atoms with Gasteiger partial charge in [0.05, 0.1) is 19.6 Å². The molecule has 0 heterocycles. The van der Waals surface area contributed by atoms with Gasteiger partial charge in [-0.2, -0.15) is 0 Å². The first-order chi connectivity index (χ1) is 16.6. The van der Waals surface area contributed by atoms with Crippen molar-refractivity contribution in [1.29, 1.82) is 0 Å². The summed E-state index contributed by atoms with van der Waals surface area (Å²) in [5.74, 6) is 0.281. The lowest BCUT2D eigenvalue weighted by Crippen LogP contribution is -2.53. The van der Waals surface area contributed by atoms with Crippen molar-refractivity contribution in [3.63, 3.8) is 0 Å². The Kier molecular flexibility index (Phi) is 10.1. The molecule has 3 aromatic carbocycles. The summed E-state index contributed by atoms with van der Waals surface area (Å²) in [6, 6.07) is 29.9. The van der Waals surface area contributed by atoms with Gasteiger partial charge in [-0.3, -0.25) is 0 Å². The Morgan fingerprint density at radius 3 is 2.21 bits per heavy atom. The van der Waals surface area contributed by atoms with Crippen molar-refractivity contribution in [2.24, 2.45) is 0 Å². The van der Waals surface area contributed by atoms with Gasteiger partial charge < -0.3 is 9.59 Å². The van der Waals surface area contributed by atoms with Crippen LogP contribution in [-0.4, -0.2) is 41.9 Å². The third-order valence-electron chi connectivity index (χ3n) is 6.96. The first kappa shape index (κ1) is 25.9. The lowest BCUT2D eigenvalue weighted by molar-refractivity contribution is -0.925. The number of hydrogen-bond acceptors (Lipinski definition) is 1. The Labute approximate surface area is 207 Å². The van der Waals surface area contributed by atoms with Gasteiger partial charge in [0.2, 0.25) is 0 Å². The Bertz CT molecular complexity index is 984. The van der Waals surface area contributed by atoms with Crippen LogP contribution in [0.4, 0.5) is 0 Å². The molecule has 0 radical (unpaired) electrons. The molecule has 3 aromatic rings. The molecule has 0 fully saturated rings. The van der Waals surface area contributed by atoms with Crippen LogP contribution in [0.15, 0.2) is 97.6 Å². The second kappa shape index (κ2) is 13.3. The highest BCUT2D eigenvalue weighted by Gasteiger charge is 2.29. The lowest BCUT2D eigenvalue weighted by atomic mass is 9.88. The van der Waals surface area contributed by atoms with E-state index < -0.39 is 0 Å². The minimum atomic E-state index is -0.345. The van der Waals surface area contributed by atoms with Crippen LogP contribution in [0.3, 0.4) is 0 Å². The maximum Gasteiger partial charge on any atom is 0.105 e. The van der Waals surface area contributed by atoms with E-state index in [9.17, 15) is 5.11 Å². The predicted octanol–water partition coefficient (Wildman–Crippen LogP) is 7.25. The largest absolute Gasteiger partial charge is 0.387 e. The molecule has 1 N–H and O–H groups in total. The predicted molar refractivity (Wildman–Crippen MR) is 146 cm³/mol. The summed E-state index contributed by atoms with van der Waals surface area (Å²) in [5.41, 5.74) is 5.21. The van der Waals surface area contributed by atoms with E-state index in [0.717, 1.165) is 56.3 Å². The zero-order valence-corrected chi connectivity index (χ0v) is 21.1. The molecule has 2 heteroatoms. The molecule has 0 bridgehead atoms. The summed E-state index contributed by atoms with van der Waals surface area (Å²) in [6.45, 7) is 12.4. The Morgan fingerprint density at radius 1 is 0.882 bits per heavy atom. The molecule has 3 unspecified atom stereocenters. The molecular formula is C32H42NO+. The van der Waals surface area contributed by atoms with E-state index in [2.05, 4.69) is 105 Å². The molecule has 3 rings (SSSR count). The zero-order valence-electron chi connectivity index (χ0n) is 21.1. The maximum atomic E-state index is 11.3. The van der Waals surface area contributed by atoms with Gasteiger partial charge in [0.25, 0.3) is 0 Å². The number of benzene rings is 3. The van der Waals surface area contributed by atoms with E-state index in [1.54, 1.807) is 0 Å². The second-order valence-corrected chi connectivity index (χ2v) is 9.78. The van der Waals surface area contributed by atoms with Crippen molar-refractivity contribution in [3.8, 4) is 11.1 Å². The van der Waals surface area contributed by atoms with Crippen molar-refractivity contribution in [2.75, 3.05) is 26.2 Å². The van der Waals surface area contributed by atoms with E-state index >= 15 is 0 Å². The number of quaternary nitrogens is 1. The van der Waals surface area contributed by atoms with Crippen molar-refractivity contribution >= 4 is 0 Å². The SMILES string of the molecule is C=CC[N+](CCC)(CCCc1ccccc1)CC(O)CC(C)c1ccccc1-c1ccccc1. The monoisotopic (exact) mass is 456 g/mol. The Balaban J connectivity index is 1.69. The van der Waals surface area contributed by atoms with Gasteiger partial charge in [0.1, 0.15) is 12.6 Å². The zero-order chi connectivity index (χ0) is 24.2. The molecule has 0 aliphatic carbocycles. The summed E-state index contributed by atoms with van der Waals surface area (Å²) < 4.78 is 0.918. The van der Waals surface area contributed by atoms with Crippen molar-refractivity contribution in [1.82, 2.24) is 0 Å². The van der Waals surface area contributed by atoms with E-state index in [4.69, 9.17) is 0 Å². The van der Waals surface area contributed by atoms with Gasteiger partial charge in [-0.15, -0.1) is 0 Å². The Morgan fingerprint density at radius 2 is 1.53 bits per heavy atom. The molecule has 0 aliphatic rings. The van der Waals surface area contributed by atoms with E-state index in [0.29, 0.717) is 0 Å². The topological polar surface area (TPSA) is 20.2 Å². The quantitative estimate of drug-likeness (QED) is 0.200. The molecule has 0 aliphatic heterocycles. The average molecular weight is 457 g/mol. The number of aliphatic hydroxyl groups excluding tert-OH is 1. The van der Waals surface area contributed by atoms with Crippen LogP contribution in [0.25, 0.3) is 11.1 Å². The molecule has 0 amide bonds. The molecule has 34 heavy (non-hydrogen) atoms. The van der Waals surface area contributed by atoms with Crippen LogP contribution in [0.5, 0.6) is 0 Å². The average Bonchev–Trinajstić information content (AvgIpc) is 2.85. The lowest BCUT2D eigenvalue weighted by Gasteiger charge is -2.40. The minimum Gasteiger partial charge on any atom is -0.387 e. The number of aryl methyl sites for hydroxylation is 1. The molecule has 3 atom stereocenters. The number of nitrogens with zero attached hydrogens (tertiary/aromatic N) is 1. The molecule has 0 spiro atoms. The van der Waals surface area contributed by atoms with Crippen LogP contribution >= 0.6 is 0 Å². The smallest absolute Gasteiger partial charge is 0.105 e.